The van der Waals surface area contributed by atoms with Crippen molar-refractivity contribution in [3.63, 3.8) is 0 Å². The van der Waals surface area contributed by atoms with Crippen LogP contribution in [0.1, 0.15) is 30.5 Å². The van der Waals surface area contributed by atoms with Crippen LogP contribution >= 0.6 is 0 Å². The molecule has 2 atom stereocenters. The molecule has 150 valence electrons. The Balaban J connectivity index is 1.76. The van der Waals surface area contributed by atoms with Crippen LogP contribution in [0.25, 0.3) is 11.3 Å². The van der Waals surface area contributed by atoms with Gasteiger partial charge in [-0.1, -0.05) is 53.8 Å². The van der Waals surface area contributed by atoms with Crippen molar-refractivity contribution in [3.8, 4) is 11.3 Å². The van der Waals surface area contributed by atoms with E-state index >= 15 is 0 Å². The molecule has 4 rings (SSSR count). The molecule has 2 heterocycles. The average Bonchev–Trinajstić information content (AvgIpc) is 3.14. The lowest BCUT2D eigenvalue weighted by Crippen LogP contribution is -2.42. The Morgan fingerprint density at radius 2 is 2.07 bits per heavy atom. The SMILES string of the molecule is CC(=O)N1Cc2ccccc2-c2nnn(CCOCCC=O)c2C2C=CC=CC21. The van der Waals surface area contributed by atoms with Gasteiger partial charge in [0.15, 0.2) is 0 Å². The number of hydrogen-bond acceptors (Lipinski definition) is 5. The molecule has 0 saturated heterocycles. The van der Waals surface area contributed by atoms with Crippen molar-refractivity contribution in [3.05, 3.63) is 59.8 Å². The van der Waals surface area contributed by atoms with E-state index in [4.69, 9.17) is 4.74 Å². The Kier molecular flexibility index (Phi) is 5.67. The zero-order valence-electron chi connectivity index (χ0n) is 16.4. The highest BCUT2D eigenvalue weighted by Crippen LogP contribution is 2.39. The average molecular weight is 392 g/mol. The van der Waals surface area contributed by atoms with Gasteiger partial charge in [-0.2, -0.15) is 0 Å². The van der Waals surface area contributed by atoms with Crippen LogP contribution in [0.15, 0.2) is 48.6 Å². The van der Waals surface area contributed by atoms with E-state index in [9.17, 15) is 9.59 Å². The van der Waals surface area contributed by atoms with Crippen LogP contribution in [0.5, 0.6) is 0 Å². The van der Waals surface area contributed by atoms with Crippen LogP contribution in [-0.2, 0) is 27.4 Å². The fourth-order valence-electron chi connectivity index (χ4n) is 4.04. The number of allylic oxidation sites excluding steroid dienone is 2. The predicted molar refractivity (Wildman–Crippen MR) is 108 cm³/mol. The number of ether oxygens (including phenoxy) is 1. The molecule has 1 amide bonds. The molecule has 0 saturated carbocycles. The molecular weight excluding hydrogens is 368 g/mol. The van der Waals surface area contributed by atoms with Crippen LogP contribution < -0.4 is 0 Å². The van der Waals surface area contributed by atoms with Gasteiger partial charge in [0.2, 0.25) is 5.91 Å². The summed E-state index contributed by atoms with van der Waals surface area (Å²) in [5, 5.41) is 8.93. The molecule has 0 radical (unpaired) electrons. The number of benzene rings is 1. The molecule has 0 bridgehead atoms. The molecular formula is C22H24N4O3. The fourth-order valence-corrected chi connectivity index (χ4v) is 4.04. The van der Waals surface area contributed by atoms with Gasteiger partial charge in [0.05, 0.1) is 31.5 Å². The molecule has 7 heteroatoms. The number of fused-ring (bicyclic) bond motifs is 5. The second kappa shape index (κ2) is 8.53. The minimum absolute atomic E-state index is 0.0365. The highest BCUT2D eigenvalue weighted by molar-refractivity contribution is 5.76. The van der Waals surface area contributed by atoms with Crippen molar-refractivity contribution >= 4 is 12.2 Å². The highest BCUT2D eigenvalue weighted by Gasteiger charge is 2.36. The first-order valence-corrected chi connectivity index (χ1v) is 9.86. The molecule has 2 aromatic rings. The Morgan fingerprint density at radius 1 is 1.24 bits per heavy atom. The largest absolute Gasteiger partial charge is 0.379 e. The third-order valence-corrected chi connectivity index (χ3v) is 5.40. The summed E-state index contributed by atoms with van der Waals surface area (Å²) in [5.74, 6) is -0.00773. The highest BCUT2D eigenvalue weighted by atomic mass is 16.5. The molecule has 1 aromatic carbocycles. The van der Waals surface area contributed by atoms with Gasteiger partial charge in [-0.25, -0.2) is 4.68 Å². The van der Waals surface area contributed by atoms with E-state index in [-0.39, 0.29) is 17.9 Å². The number of aromatic nitrogens is 3. The molecule has 0 N–H and O–H groups in total. The Morgan fingerprint density at radius 3 is 2.90 bits per heavy atom. The molecule has 2 unspecified atom stereocenters. The molecule has 0 spiro atoms. The monoisotopic (exact) mass is 392 g/mol. The van der Waals surface area contributed by atoms with Crippen molar-refractivity contribution < 1.29 is 14.3 Å². The molecule has 7 nitrogen and oxygen atoms in total. The lowest BCUT2D eigenvalue weighted by Gasteiger charge is -2.37. The van der Waals surface area contributed by atoms with Gasteiger partial charge >= 0.3 is 0 Å². The van der Waals surface area contributed by atoms with Gasteiger partial charge in [0.25, 0.3) is 0 Å². The summed E-state index contributed by atoms with van der Waals surface area (Å²) in [6.45, 7) is 3.52. The number of carbonyl (C=O) groups is 2. The van der Waals surface area contributed by atoms with E-state index in [2.05, 4.69) is 22.5 Å². The Bertz CT molecular complexity index is 963. The molecule has 1 aliphatic heterocycles. The van der Waals surface area contributed by atoms with E-state index in [1.54, 1.807) is 6.92 Å². The van der Waals surface area contributed by atoms with Crippen molar-refractivity contribution in [2.24, 2.45) is 0 Å². The summed E-state index contributed by atoms with van der Waals surface area (Å²) in [6, 6.07) is 7.95. The van der Waals surface area contributed by atoms with Crippen LogP contribution in [-0.4, -0.2) is 51.3 Å². The number of nitrogens with zero attached hydrogens (tertiary/aromatic N) is 4. The van der Waals surface area contributed by atoms with E-state index in [0.717, 1.165) is 28.8 Å². The minimum Gasteiger partial charge on any atom is -0.379 e. The molecule has 0 fully saturated rings. The van der Waals surface area contributed by atoms with Gasteiger partial charge in [-0.05, 0) is 5.56 Å². The first kappa shape index (κ1) is 19.3. The molecule has 29 heavy (non-hydrogen) atoms. The smallest absolute Gasteiger partial charge is 0.220 e. The van der Waals surface area contributed by atoms with Crippen molar-refractivity contribution in [1.29, 1.82) is 0 Å². The zero-order valence-corrected chi connectivity index (χ0v) is 16.4. The van der Waals surface area contributed by atoms with Gasteiger partial charge in [-0.15, -0.1) is 5.10 Å². The standard InChI is InChI=1S/C22H24N4O3/c1-16(28)25-15-17-7-2-3-8-18(17)21-22(19-9-4-5-10-20(19)25)26(24-23-21)11-14-29-13-6-12-27/h2-5,7-10,12,19-20H,6,11,13-15H2,1H3. The van der Waals surface area contributed by atoms with Crippen LogP contribution in [0.2, 0.25) is 0 Å². The second-order valence-electron chi connectivity index (χ2n) is 7.20. The zero-order chi connectivity index (χ0) is 20.2. The Labute approximate surface area is 169 Å². The van der Waals surface area contributed by atoms with Crippen LogP contribution in [0.3, 0.4) is 0 Å². The normalized spacial score (nSPS) is 19.7. The van der Waals surface area contributed by atoms with E-state index in [0.29, 0.717) is 32.7 Å². The van der Waals surface area contributed by atoms with E-state index in [1.807, 2.05) is 46.0 Å². The first-order chi connectivity index (χ1) is 14.2. The van der Waals surface area contributed by atoms with Crippen LogP contribution in [0.4, 0.5) is 0 Å². The number of carbonyl (C=O) groups excluding carboxylic acids is 2. The van der Waals surface area contributed by atoms with Gasteiger partial charge in [0.1, 0.15) is 12.0 Å². The van der Waals surface area contributed by atoms with Gasteiger partial charge in [-0.3, -0.25) is 4.79 Å². The maximum Gasteiger partial charge on any atom is 0.220 e. The molecule has 2 aliphatic rings. The number of hydrogen-bond donors (Lipinski definition) is 0. The van der Waals surface area contributed by atoms with Crippen molar-refractivity contribution in [2.75, 3.05) is 13.2 Å². The summed E-state index contributed by atoms with van der Waals surface area (Å²) < 4.78 is 7.42. The first-order valence-electron chi connectivity index (χ1n) is 9.86. The topological polar surface area (TPSA) is 77.3 Å². The summed E-state index contributed by atoms with van der Waals surface area (Å²) in [5.41, 5.74) is 3.89. The lowest BCUT2D eigenvalue weighted by atomic mass is 9.85. The summed E-state index contributed by atoms with van der Waals surface area (Å²) in [7, 11) is 0. The maximum absolute atomic E-state index is 12.5. The number of aldehydes is 1. The quantitative estimate of drug-likeness (QED) is 0.558. The molecule has 1 aliphatic carbocycles. The van der Waals surface area contributed by atoms with Gasteiger partial charge in [0, 0.05) is 31.4 Å². The lowest BCUT2D eigenvalue weighted by molar-refractivity contribution is -0.131. The third kappa shape index (κ3) is 3.78. The number of rotatable bonds is 6. The summed E-state index contributed by atoms with van der Waals surface area (Å²) in [4.78, 5) is 24.9. The molecule has 1 aromatic heterocycles. The predicted octanol–water partition coefficient (Wildman–Crippen LogP) is 2.49. The number of amides is 1. The third-order valence-electron chi connectivity index (χ3n) is 5.40. The maximum atomic E-state index is 12.5. The van der Waals surface area contributed by atoms with Crippen molar-refractivity contribution in [1.82, 2.24) is 19.9 Å². The summed E-state index contributed by atoms with van der Waals surface area (Å²) >= 11 is 0. The second-order valence-corrected chi connectivity index (χ2v) is 7.20. The van der Waals surface area contributed by atoms with E-state index < -0.39 is 0 Å². The van der Waals surface area contributed by atoms with Crippen LogP contribution in [0, 0.1) is 0 Å². The van der Waals surface area contributed by atoms with E-state index in [1.165, 1.54) is 0 Å². The minimum atomic E-state index is -0.0992. The van der Waals surface area contributed by atoms with Crippen molar-refractivity contribution in [2.45, 2.75) is 38.4 Å². The summed E-state index contributed by atoms with van der Waals surface area (Å²) in [6.07, 6.45) is 9.41. The fraction of sp³-hybridized carbons (Fsp3) is 0.364. The van der Waals surface area contributed by atoms with Gasteiger partial charge < -0.3 is 14.4 Å². The Hall–Kier alpha value is -3.06.